The Labute approximate surface area is 117 Å². The average Bonchev–Trinajstić information content (AvgIpc) is 2.87. The summed E-state index contributed by atoms with van der Waals surface area (Å²) in [6, 6.07) is 5.60. The number of rotatable bonds is 5. The van der Waals surface area contributed by atoms with Crippen LogP contribution in [-0.4, -0.2) is 30.6 Å². The Morgan fingerprint density at radius 2 is 2.11 bits per heavy atom. The van der Waals surface area contributed by atoms with E-state index in [2.05, 4.69) is 33.1 Å². The van der Waals surface area contributed by atoms with Gasteiger partial charge in [0.05, 0.1) is 0 Å². The Hall–Kier alpha value is -0.450. The van der Waals surface area contributed by atoms with Gasteiger partial charge in [0.1, 0.15) is 5.82 Å². The van der Waals surface area contributed by atoms with Crippen LogP contribution in [0.3, 0.4) is 0 Å². The Kier molecular flexibility index (Phi) is 5.15. The zero-order valence-corrected chi connectivity index (χ0v) is 12.3. The van der Waals surface area contributed by atoms with Gasteiger partial charge in [-0.05, 0) is 51.1 Å². The summed E-state index contributed by atoms with van der Waals surface area (Å²) in [4.78, 5) is 2.49. The van der Waals surface area contributed by atoms with E-state index < -0.39 is 0 Å². The molecule has 1 unspecified atom stereocenters. The fourth-order valence-electron chi connectivity index (χ4n) is 2.41. The molecule has 0 radical (unpaired) electrons. The monoisotopic (exact) mass is 314 g/mol. The molecule has 0 bridgehead atoms. The molecule has 1 atom stereocenters. The van der Waals surface area contributed by atoms with Crippen LogP contribution in [0.1, 0.15) is 25.3 Å². The minimum atomic E-state index is -0.139. The maximum Gasteiger partial charge on any atom is 0.127 e. The average molecular weight is 315 g/mol. The molecule has 1 aromatic carbocycles. The van der Waals surface area contributed by atoms with E-state index in [0.717, 1.165) is 16.6 Å². The van der Waals surface area contributed by atoms with Crippen molar-refractivity contribution in [1.82, 2.24) is 10.2 Å². The third-order valence-electron chi connectivity index (χ3n) is 3.53. The van der Waals surface area contributed by atoms with E-state index in [1.54, 1.807) is 6.07 Å². The van der Waals surface area contributed by atoms with E-state index in [9.17, 15) is 4.39 Å². The maximum atomic E-state index is 13.5. The minimum absolute atomic E-state index is 0.139. The maximum absolute atomic E-state index is 13.5. The summed E-state index contributed by atoms with van der Waals surface area (Å²) >= 11 is 3.37. The number of hydrogen-bond donors (Lipinski definition) is 1. The highest BCUT2D eigenvalue weighted by Gasteiger charge is 2.17. The summed E-state index contributed by atoms with van der Waals surface area (Å²) in [6.45, 7) is 6.13. The van der Waals surface area contributed by atoms with E-state index >= 15 is 0 Å². The number of likely N-dealkylation sites (tertiary alicyclic amines) is 1. The van der Waals surface area contributed by atoms with Gasteiger partial charge in [0.15, 0.2) is 0 Å². The van der Waals surface area contributed by atoms with Crippen molar-refractivity contribution in [2.45, 2.75) is 32.4 Å². The van der Waals surface area contributed by atoms with Crippen LogP contribution in [0.4, 0.5) is 4.39 Å². The molecule has 0 saturated carbocycles. The number of nitrogens with one attached hydrogen (secondary N) is 1. The van der Waals surface area contributed by atoms with Gasteiger partial charge < -0.3 is 5.32 Å². The summed E-state index contributed by atoms with van der Waals surface area (Å²) in [5.41, 5.74) is 0.720. The fraction of sp³-hybridized carbons (Fsp3) is 0.571. The van der Waals surface area contributed by atoms with E-state index in [4.69, 9.17) is 0 Å². The van der Waals surface area contributed by atoms with Crippen molar-refractivity contribution < 1.29 is 4.39 Å². The molecule has 1 fully saturated rings. The molecule has 1 aliphatic rings. The first-order valence-electron chi connectivity index (χ1n) is 6.55. The summed E-state index contributed by atoms with van der Waals surface area (Å²) < 4.78 is 14.4. The first kappa shape index (κ1) is 14.0. The fourth-order valence-corrected chi connectivity index (χ4v) is 2.81. The lowest BCUT2D eigenvalue weighted by molar-refractivity contribution is 0.251. The molecule has 0 aromatic heterocycles. The minimum Gasteiger partial charge on any atom is -0.311 e. The van der Waals surface area contributed by atoms with Crippen molar-refractivity contribution in [3.05, 3.63) is 34.1 Å². The predicted molar refractivity (Wildman–Crippen MR) is 76.1 cm³/mol. The molecule has 1 N–H and O–H groups in total. The number of benzene rings is 1. The van der Waals surface area contributed by atoms with Crippen molar-refractivity contribution in [3.63, 3.8) is 0 Å². The van der Waals surface area contributed by atoms with Crippen LogP contribution < -0.4 is 5.32 Å². The van der Waals surface area contributed by atoms with Gasteiger partial charge in [-0.3, -0.25) is 4.90 Å². The molecule has 1 saturated heterocycles. The Bertz CT molecular complexity index is 391. The Morgan fingerprint density at radius 1 is 1.39 bits per heavy atom. The van der Waals surface area contributed by atoms with Gasteiger partial charge >= 0.3 is 0 Å². The molecule has 4 heteroatoms. The molecular weight excluding hydrogens is 295 g/mol. The molecule has 0 spiro atoms. The topological polar surface area (TPSA) is 15.3 Å². The highest BCUT2D eigenvalue weighted by atomic mass is 79.9. The van der Waals surface area contributed by atoms with Gasteiger partial charge in [-0.15, -0.1) is 0 Å². The smallest absolute Gasteiger partial charge is 0.127 e. The van der Waals surface area contributed by atoms with Crippen LogP contribution in [-0.2, 0) is 6.54 Å². The Balaban J connectivity index is 1.79. The summed E-state index contributed by atoms with van der Waals surface area (Å²) in [5, 5.41) is 3.34. The van der Waals surface area contributed by atoms with Crippen LogP contribution in [0.5, 0.6) is 0 Å². The van der Waals surface area contributed by atoms with Crippen molar-refractivity contribution in [2.24, 2.45) is 0 Å². The van der Waals surface area contributed by atoms with Crippen molar-refractivity contribution in [2.75, 3.05) is 19.6 Å². The number of nitrogens with zero attached hydrogens (tertiary/aromatic N) is 1. The standard InChI is InChI=1S/C14H20BrFN2/c1-11(18-6-2-3-7-18)9-17-10-12-8-13(15)4-5-14(12)16/h4-5,8,11,17H,2-3,6-7,9-10H2,1H3. The lowest BCUT2D eigenvalue weighted by Crippen LogP contribution is -2.38. The highest BCUT2D eigenvalue weighted by molar-refractivity contribution is 9.10. The first-order chi connectivity index (χ1) is 8.66. The zero-order chi connectivity index (χ0) is 13.0. The summed E-state index contributed by atoms with van der Waals surface area (Å²) in [7, 11) is 0. The molecular formula is C14H20BrFN2. The van der Waals surface area contributed by atoms with Crippen molar-refractivity contribution >= 4 is 15.9 Å². The molecule has 100 valence electrons. The zero-order valence-electron chi connectivity index (χ0n) is 10.8. The number of hydrogen-bond acceptors (Lipinski definition) is 2. The van der Waals surface area contributed by atoms with Gasteiger partial charge in [-0.1, -0.05) is 15.9 Å². The Morgan fingerprint density at radius 3 is 2.83 bits per heavy atom. The summed E-state index contributed by atoms with van der Waals surface area (Å²) in [6.07, 6.45) is 2.62. The molecule has 0 amide bonds. The normalized spacial score (nSPS) is 18.2. The number of halogens is 2. The van der Waals surface area contributed by atoms with Crippen LogP contribution in [0, 0.1) is 5.82 Å². The second-order valence-electron chi connectivity index (χ2n) is 4.96. The first-order valence-corrected chi connectivity index (χ1v) is 7.35. The molecule has 2 rings (SSSR count). The summed E-state index contributed by atoms with van der Waals surface area (Å²) in [5.74, 6) is -0.139. The molecule has 18 heavy (non-hydrogen) atoms. The molecule has 1 aromatic rings. The second kappa shape index (κ2) is 6.64. The van der Waals surface area contributed by atoms with E-state index in [1.807, 2.05) is 6.07 Å². The van der Waals surface area contributed by atoms with Gasteiger partial charge in [-0.25, -0.2) is 4.39 Å². The van der Waals surface area contributed by atoms with Crippen LogP contribution in [0.15, 0.2) is 22.7 Å². The van der Waals surface area contributed by atoms with Gasteiger partial charge in [0.2, 0.25) is 0 Å². The predicted octanol–water partition coefficient (Wildman–Crippen LogP) is 3.16. The third kappa shape index (κ3) is 3.77. The molecule has 1 heterocycles. The van der Waals surface area contributed by atoms with E-state index in [1.165, 1.54) is 32.0 Å². The van der Waals surface area contributed by atoms with Crippen molar-refractivity contribution in [1.29, 1.82) is 0 Å². The van der Waals surface area contributed by atoms with Gasteiger partial charge in [-0.2, -0.15) is 0 Å². The highest BCUT2D eigenvalue weighted by Crippen LogP contribution is 2.15. The SMILES string of the molecule is CC(CNCc1cc(Br)ccc1F)N1CCCC1. The van der Waals surface area contributed by atoms with Gasteiger partial charge in [0.25, 0.3) is 0 Å². The molecule has 1 aliphatic heterocycles. The molecule has 2 nitrogen and oxygen atoms in total. The van der Waals surface area contributed by atoms with Gasteiger partial charge in [0, 0.05) is 29.2 Å². The van der Waals surface area contributed by atoms with Crippen LogP contribution in [0.25, 0.3) is 0 Å². The third-order valence-corrected chi connectivity index (χ3v) is 4.02. The van der Waals surface area contributed by atoms with Crippen LogP contribution in [0.2, 0.25) is 0 Å². The van der Waals surface area contributed by atoms with Crippen molar-refractivity contribution in [3.8, 4) is 0 Å². The largest absolute Gasteiger partial charge is 0.311 e. The lowest BCUT2D eigenvalue weighted by atomic mass is 10.2. The van der Waals surface area contributed by atoms with Crippen LogP contribution >= 0.6 is 15.9 Å². The lowest BCUT2D eigenvalue weighted by Gasteiger charge is -2.24. The van der Waals surface area contributed by atoms with E-state index in [0.29, 0.717) is 12.6 Å². The quantitative estimate of drug-likeness (QED) is 0.898. The van der Waals surface area contributed by atoms with E-state index in [-0.39, 0.29) is 5.82 Å². The second-order valence-corrected chi connectivity index (χ2v) is 5.87. The molecule has 0 aliphatic carbocycles.